The van der Waals surface area contributed by atoms with Crippen molar-refractivity contribution in [1.29, 1.82) is 0 Å². The lowest BCUT2D eigenvalue weighted by Gasteiger charge is -2.23. The van der Waals surface area contributed by atoms with Crippen molar-refractivity contribution in [2.45, 2.75) is 20.8 Å². The standard InChI is InChI=1S/C29H26N6S/c1-17(29(2,3)4)31-20-12-19(14-30-15-20)23-8-9-25-27(33-23)28(35-34-25)26-13-22-21(18-10-11-36-16-18)6-5-7-24(22)32-26/h5-16,31-32H,1H2,2-4H3,(H,34,35). The Kier molecular flexibility index (Phi) is 5.23. The van der Waals surface area contributed by atoms with Gasteiger partial charge in [0.25, 0.3) is 0 Å². The Morgan fingerprint density at radius 1 is 1.00 bits per heavy atom. The van der Waals surface area contributed by atoms with E-state index in [1.165, 1.54) is 16.5 Å². The summed E-state index contributed by atoms with van der Waals surface area (Å²) in [5.41, 5.74) is 10.4. The highest BCUT2D eigenvalue weighted by molar-refractivity contribution is 7.08. The minimum atomic E-state index is -0.0538. The summed E-state index contributed by atoms with van der Waals surface area (Å²) in [6, 6.07) is 16.7. The molecule has 0 saturated heterocycles. The Hall–Kier alpha value is -4.23. The molecule has 0 spiro atoms. The molecule has 0 aliphatic rings. The first-order valence-electron chi connectivity index (χ1n) is 11.8. The molecule has 0 radical (unpaired) electrons. The van der Waals surface area contributed by atoms with Crippen LogP contribution in [-0.2, 0) is 0 Å². The summed E-state index contributed by atoms with van der Waals surface area (Å²) in [4.78, 5) is 13.0. The van der Waals surface area contributed by atoms with E-state index in [0.29, 0.717) is 0 Å². The lowest BCUT2D eigenvalue weighted by molar-refractivity contribution is 0.509. The molecule has 0 saturated carbocycles. The molecule has 0 bridgehead atoms. The largest absolute Gasteiger partial charge is 0.358 e. The van der Waals surface area contributed by atoms with E-state index in [2.05, 4.69) is 93.9 Å². The zero-order valence-corrected chi connectivity index (χ0v) is 21.2. The normalized spacial score (nSPS) is 11.9. The SMILES string of the molecule is C=C(Nc1cncc(-c2ccc3[nH]nc(-c4cc5c(-c6ccsc6)cccc5[nH]4)c3n2)c1)C(C)(C)C. The molecule has 0 fully saturated rings. The van der Waals surface area contributed by atoms with Crippen LogP contribution in [-0.4, -0.2) is 25.1 Å². The van der Waals surface area contributed by atoms with Crippen LogP contribution in [0, 0.1) is 5.41 Å². The molecule has 178 valence electrons. The van der Waals surface area contributed by atoms with Crippen molar-refractivity contribution in [2.24, 2.45) is 5.41 Å². The molecule has 5 heterocycles. The van der Waals surface area contributed by atoms with Gasteiger partial charge < -0.3 is 10.3 Å². The third-order valence-corrected chi connectivity index (χ3v) is 7.08. The highest BCUT2D eigenvalue weighted by atomic mass is 32.1. The average molecular weight is 491 g/mol. The first-order valence-corrected chi connectivity index (χ1v) is 12.7. The van der Waals surface area contributed by atoms with E-state index < -0.39 is 0 Å². The van der Waals surface area contributed by atoms with Crippen LogP contribution in [0.25, 0.3) is 55.7 Å². The zero-order valence-electron chi connectivity index (χ0n) is 20.4. The molecule has 0 unspecified atom stereocenters. The molecule has 5 aromatic heterocycles. The second kappa shape index (κ2) is 8.46. The lowest BCUT2D eigenvalue weighted by Crippen LogP contribution is -2.15. The van der Waals surface area contributed by atoms with E-state index >= 15 is 0 Å². The molecule has 1 aromatic carbocycles. The first-order chi connectivity index (χ1) is 17.4. The maximum absolute atomic E-state index is 4.99. The number of benzene rings is 1. The van der Waals surface area contributed by atoms with Gasteiger partial charge in [0.15, 0.2) is 0 Å². The number of thiophene rings is 1. The number of hydrogen-bond donors (Lipinski definition) is 3. The van der Waals surface area contributed by atoms with Gasteiger partial charge in [-0.05, 0) is 58.3 Å². The number of rotatable bonds is 5. The number of H-pyrrole nitrogens is 2. The predicted octanol–water partition coefficient (Wildman–Crippen LogP) is 7.87. The van der Waals surface area contributed by atoms with Gasteiger partial charge in [0.2, 0.25) is 0 Å². The lowest BCUT2D eigenvalue weighted by atomic mass is 9.93. The van der Waals surface area contributed by atoms with Gasteiger partial charge in [-0.1, -0.05) is 39.5 Å². The Bertz CT molecular complexity index is 1720. The number of aromatic nitrogens is 5. The fourth-order valence-electron chi connectivity index (χ4n) is 4.21. The smallest absolute Gasteiger partial charge is 0.135 e. The third-order valence-electron chi connectivity index (χ3n) is 6.39. The highest BCUT2D eigenvalue weighted by Crippen LogP contribution is 2.35. The summed E-state index contributed by atoms with van der Waals surface area (Å²) >= 11 is 1.70. The van der Waals surface area contributed by atoms with Crippen molar-refractivity contribution < 1.29 is 0 Å². The monoisotopic (exact) mass is 490 g/mol. The van der Waals surface area contributed by atoms with Crippen molar-refractivity contribution in [3.8, 4) is 33.8 Å². The highest BCUT2D eigenvalue weighted by Gasteiger charge is 2.17. The summed E-state index contributed by atoms with van der Waals surface area (Å²) in [7, 11) is 0. The second-order valence-corrected chi connectivity index (χ2v) is 10.7. The summed E-state index contributed by atoms with van der Waals surface area (Å²) in [6.45, 7) is 10.6. The van der Waals surface area contributed by atoms with Crippen LogP contribution in [0.4, 0.5) is 5.69 Å². The molecule has 0 aliphatic heterocycles. The number of anilines is 1. The average Bonchev–Trinajstić information content (AvgIpc) is 3.62. The van der Waals surface area contributed by atoms with Crippen LogP contribution in [0.2, 0.25) is 0 Å². The van der Waals surface area contributed by atoms with Crippen LogP contribution in [0.5, 0.6) is 0 Å². The van der Waals surface area contributed by atoms with Gasteiger partial charge in [-0.3, -0.25) is 10.1 Å². The number of pyridine rings is 2. The Morgan fingerprint density at radius 2 is 1.89 bits per heavy atom. The van der Waals surface area contributed by atoms with Gasteiger partial charge in [0, 0.05) is 33.8 Å². The van der Waals surface area contributed by atoms with E-state index in [0.717, 1.165) is 50.6 Å². The summed E-state index contributed by atoms with van der Waals surface area (Å²) in [5.74, 6) is 0. The van der Waals surface area contributed by atoms with Gasteiger partial charge in [-0.15, -0.1) is 0 Å². The Balaban J connectivity index is 1.40. The molecule has 0 atom stereocenters. The molecule has 6 rings (SSSR count). The summed E-state index contributed by atoms with van der Waals surface area (Å²) in [6.07, 6.45) is 3.63. The van der Waals surface area contributed by atoms with Gasteiger partial charge in [-0.2, -0.15) is 16.4 Å². The number of aromatic amines is 2. The third kappa shape index (κ3) is 3.97. The molecular weight excluding hydrogens is 464 g/mol. The fourth-order valence-corrected chi connectivity index (χ4v) is 4.87. The molecule has 0 aliphatic carbocycles. The number of nitrogens with zero attached hydrogens (tertiary/aromatic N) is 3. The molecule has 6 nitrogen and oxygen atoms in total. The number of fused-ring (bicyclic) bond motifs is 2. The topological polar surface area (TPSA) is 82.3 Å². The zero-order chi connectivity index (χ0) is 24.9. The summed E-state index contributed by atoms with van der Waals surface area (Å²) in [5, 5.41) is 16.6. The van der Waals surface area contributed by atoms with Crippen LogP contribution in [0.3, 0.4) is 0 Å². The van der Waals surface area contributed by atoms with Crippen molar-refractivity contribution in [1.82, 2.24) is 25.1 Å². The second-order valence-electron chi connectivity index (χ2n) is 9.94. The van der Waals surface area contributed by atoms with E-state index in [4.69, 9.17) is 4.98 Å². The van der Waals surface area contributed by atoms with E-state index in [-0.39, 0.29) is 5.41 Å². The molecule has 6 aromatic rings. The van der Waals surface area contributed by atoms with E-state index in [9.17, 15) is 0 Å². The molecule has 36 heavy (non-hydrogen) atoms. The van der Waals surface area contributed by atoms with Crippen molar-refractivity contribution in [2.75, 3.05) is 5.32 Å². The van der Waals surface area contributed by atoms with Crippen LogP contribution < -0.4 is 5.32 Å². The van der Waals surface area contributed by atoms with Crippen molar-refractivity contribution in [3.05, 3.63) is 84.0 Å². The van der Waals surface area contributed by atoms with Gasteiger partial charge in [-0.25, -0.2) is 4.98 Å². The predicted molar refractivity (Wildman–Crippen MR) is 150 cm³/mol. The van der Waals surface area contributed by atoms with Crippen LogP contribution in [0.15, 0.2) is 84.0 Å². The maximum Gasteiger partial charge on any atom is 0.135 e. The van der Waals surface area contributed by atoms with Crippen molar-refractivity contribution in [3.63, 3.8) is 0 Å². The van der Waals surface area contributed by atoms with Crippen molar-refractivity contribution >= 4 is 39.0 Å². The number of nitrogens with one attached hydrogen (secondary N) is 3. The quantitative estimate of drug-likeness (QED) is 0.230. The van der Waals surface area contributed by atoms with E-state index in [1.54, 1.807) is 17.5 Å². The molecule has 3 N–H and O–H groups in total. The Labute approximate surface area is 213 Å². The van der Waals surface area contributed by atoms with Gasteiger partial charge in [0.1, 0.15) is 11.2 Å². The van der Waals surface area contributed by atoms with Gasteiger partial charge >= 0.3 is 0 Å². The number of allylic oxidation sites excluding steroid dienone is 1. The molecular formula is C29H26N6S. The number of hydrogen-bond acceptors (Lipinski definition) is 5. The first kappa shape index (κ1) is 22.2. The molecule has 7 heteroatoms. The minimum Gasteiger partial charge on any atom is -0.358 e. The van der Waals surface area contributed by atoms with Crippen LogP contribution in [0.1, 0.15) is 20.8 Å². The minimum absolute atomic E-state index is 0.0538. The van der Waals surface area contributed by atoms with E-state index in [1.807, 2.05) is 24.4 Å². The van der Waals surface area contributed by atoms with Crippen LogP contribution >= 0.6 is 11.3 Å². The fraction of sp³-hybridized carbons (Fsp3) is 0.138. The molecule has 0 amide bonds. The Morgan fingerprint density at radius 3 is 2.69 bits per heavy atom. The maximum atomic E-state index is 4.99. The van der Waals surface area contributed by atoms with Gasteiger partial charge in [0.05, 0.1) is 28.8 Å². The summed E-state index contributed by atoms with van der Waals surface area (Å²) < 4.78 is 0.